The second-order valence-corrected chi connectivity index (χ2v) is 7.30. The van der Waals surface area contributed by atoms with E-state index in [1.165, 1.54) is 25.7 Å². The highest BCUT2D eigenvalue weighted by atomic mass is 32.2. The van der Waals surface area contributed by atoms with Crippen LogP contribution in [0.15, 0.2) is 0 Å². The molecule has 1 rings (SSSR count). The maximum absolute atomic E-state index is 11.6. The Bertz CT molecular complexity index is 335. The number of rotatable bonds is 6. The van der Waals surface area contributed by atoms with E-state index in [0.29, 0.717) is 11.7 Å². The number of alkyl carbamates (subject to hydrolysis) is 1. The lowest BCUT2D eigenvalue weighted by Crippen LogP contribution is -2.45. The van der Waals surface area contributed by atoms with Crippen molar-refractivity contribution < 1.29 is 19.4 Å². The van der Waals surface area contributed by atoms with Gasteiger partial charge in [-0.1, -0.05) is 12.8 Å². The molecule has 1 fully saturated rings. The third-order valence-corrected chi connectivity index (χ3v) is 4.38. The van der Waals surface area contributed by atoms with E-state index in [2.05, 4.69) is 5.32 Å². The fraction of sp³-hybridized carbons (Fsp3) is 0.857. The smallest absolute Gasteiger partial charge is 0.408 e. The van der Waals surface area contributed by atoms with Crippen molar-refractivity contribution in [1.82, 2.24) is 5.32 Å². The Balaban J connectivity index is 2.32. The fourth-order valence-corrected chi connectivity index (χ4v) is 3.42. The minimum atomic E-state index is -1.02. The zero-order valence-corrected chi connectivity index (χ0v) is 13.3. The average molecular weight is 303 g/mol. The number of hydrogen-bond acceptors (Lipinski definition) is 4. The summed E-state index contributed by atoms with van der Waals surface area (Å²) in [6.07, 6.45) is 4.37. The van der Waals surface area contributed by atoms with Gasteiger partial charge in [-0.25, -0.2) is 9.59 Å². The average Bonchev–Trinajstić information content (AvgIpc) is 2.77. The Morgan fingerprint density at radius 1 is 1.35 bits per heavy atom. The summed E-state index contributed by atoms with van der Waals surface area (Å²) in [6.45, 7) is 5.24. The number of amides is 1. The van der Waals surface area contributed by atoms with E-state index < -0.39 is 23.7 Å². The highest BCUT2D eigenvalue weighted by molar-refractivity contribution is 7.99. The van der Waals surface area contributed by atoms with Crippen molar-refractivity contribution in [3.05, 3.63) is 0 Å². The first kappa shape index (κ1) is 17.1. The lowest BCUT2D eigenvalue weighted by atomic mass is 10.1. The standard InChI is InChI=1S/C14H25NO4S/c1-14(2,3)19-13(18)15-11(12(16)17)9-20-8-10-6-4-5-7-10/h10-11H,4-9H2,1-3H3,(H,15,18)(H,16,17)/t11-/m0/s1. The molecule has 20 heavy (non-hydrogen) atoms. The maximum atomic E-state index is 11.6. The Kier molecular flexibility index (Phi) is 6.65. The van der Waals surface area contributed by atoms with Gasteiger partial charge in [-0.3, -0.25) is 0 Å². The van der Waals surface area contributed by atoms with Crippen molar-refractivity contribution in [2.75, 3.05) is 11.5 Å². The van der Waals surface area contributed by atoms with Gasteiger partial charge in [-0.15, -0.1) is 0 Å². The molecule has 6 heteroatoms. The molecule has 0 heterocycles. The largest absolute Gasteiger partial charge is 0.480 e. The van der Waals surface area contributed by atoms with Crippen LogP contribution < -0.4 is 5.32 Å². The number of carbonyl (C=O) groups excluding carboxylic acids is 1. The van der Waals surface area contributed by atoms with E-state index in [0.717, 1.165) is 5.75 Å². The normalized spacial score (nSPS) is 17.8. The van der Waals surface area contributed by atoms with Gasteiger partial charge in [0.1, 0.15) is 11.6 Å². The van der Waals surface area contributed by atoms with E-state index in [4.69, 9.17) is 9.84 Å². The monoisotopic (exact) mass is 303 g/mol. The van der Waals surface area contributed by atoms with Gasteiger partial charge in [-0.2, -0.15) is 11.8 Å². The van der Waals surface area contributed by atoms with Crippen LogP contribution in [-0.4, -0.2) is 40.3 Å². The van der Waals surface area contributed by atoms with Crippen molar-refractivity contribution in [1.29, 1.82) is 0 Å². The molecular formula is C14H25NO4S. The SMILES string of the molecule is CC(C)(C)OC(=O)N[C@@H](CSCC1CCCC1)C(=O)O. The molecule has 0 saturated heterocycles. The first-order valence-corrected chi connectivity index (χ1v) is 8.23. The van der Waals surface area contributed by atoms with Crippen LogP contribution in [0, 0.1) is 5.92 Å². The van der Waals surface area contributed by atoms with Crippen LogP contribution in [0.2, 0.25) is 0 Å². The van der Waals surface area contributed by atoms with E-state index >= 15 is 0 Å². The quantitative estimate of drug-likeness (QED) is 0.789. The molecule has 0 unspecified atom stereocenters. The fourth-order valence-electron chi connectivity index (χ4n) is 2.15. The molecule has 116 valence electrons. The lowest BCUT2D eigenvalue weighted by molar-refractivity contribution is -0.138. The highest BCUT2D eigenvalue weighted by Crippen LogP contribution is 2.28. The van der Waals surface area contributed by atoms with Crippen molar-refractivity contribution >= 4 is 23.8 Å². The van der Waals surface area contributed by atoms with Crippen molar-refractivity contribution in [3.8, 4) is 0 Å². The molecule has 1 aliphatic rings. The zero-order valence-electron chi connectivity index (χ0n) is 12.5. The third kappa shape index (κ3) is 7.03. The summed E-state index contributed by atoms with van der Waals surface area (Å²) in [6, 6.07) is -0.892. The topological polar surface area (TPSA) is 75.6 Å². The number of carboxylic acids is 1. The molecule has 0 spiro atoms. The molecule has 0 aromatic carbocycles. The summed E-state index contributed by atoms with van der Waals surface area (Å²) in [4.78, 5) is 22.7. The molecular weight excluding hydrogens is 278 g/mol. The van der Waals surface area contributed by atoms with Crippen LogP contribution in [0.4, 0.5) is 4.79 Å². The molecule has 0 aromatic heterocycles. The van der Waals surface area contributed by atoms with E-state index in [-0.39, 0.29) is 0 Å². The molecule has 2 N–H and O–H groups in total. The molecule has 0 aliphatic heterocycles. The molecule has 0 aromatic rings. The molecule has 5 nitrogen and oxygen atoms in total. The highest BCUT2D eigenvalue weighted by Gasteiger charge is 2.24. The Morgan fingerprint density at radius 2 is 1.95 bits per heavy atom. The van der Waals surface area contributed by atoms with Crippen molar-refractivity contribution in [2.45, 2.75) is 58.1 Å². The predicted molar refractivity (Wildman–Crippen MR) is 80.1 cm³/mol. The number of aliphatic carboxylic acids is 1. The van der Waals surface area contributed by atoms with Gasteiger partial charge < -0.3 is 15.2 Å². The molecule has 1 atom stereocenters. The first-order valence-electron chi connectivity index (χ1n) is 7.08. The van der Waals surface area contributed by atoms with Crippen molar-refractivity contribution in [3.63, 3.8) is 0 Å². The van der Waals surface area contributed by atoms with E-state index in [1.807, 2.05) is 0 Å². The number of thioether (sulfide) groups is 1. The molecule has 0 bridgehead atoms. The van der Waals surface area contributed by atoms with Crippen LogP contribution in [0.1, 0.15) is 46.5 Å². The van der Waals surface area contributed by atoms with E-state index in [9.17, 15) is 9.59 Å². The maximum Gasteiger partial charge on any atom is 0.408 e. The summed E-state index contributed by atoms with van der Waals surface area (Å²) in [7, 11) is 0. The summed E-state index contributed by atoms with van der Waals surface area (Å²) < 4.78 is 5.08. The number of carbonyl (C=O) groups is 2. The Hall–Kier alpha value is -0.910. The first-order chi connectivity index (χ1) is 9.28. The Morgan fingerprint density at radius 3 is 2.45 bits per heavy atom. The summed E-state index contributed by atoms with van der Waals surface area (Å²) in [5.74, 6) is 1.04. The summed E-state index contributed by atoms with van der Waals surface area (Å²) in [5, 5.41) is 11.5. The molecule has 1 aliphatic carbocycles. The summed E-state index contributed by atoms with van der Waals surface area (Å²) in [5.41, 5.74) is -0.621. The number of ether oxygens (including phenoxy) is 1. The van der Waals surface area contributed by atoms with Crippen molar-refractivity contribution in [2.24, 2.45) is 5.92 Å². The van der Waals surface area contributed by atoms with Crippen LogP contribution in [0.25, 0.3) is 0 Å². The second kappa shape index (κ2) is 7.76. The molecule has 1 amide bonds. The minimum Gasteiger partial charge on any atom is -0.480 e. The van der Waals surface area contributed by atoms with Crippen LogP contribution >= 0.6 is 11.8 Å². The molecule has 1 saturated carbocycles. The van der Waals surface area contributed by atoms with Crippen LogP contribution in [0.5, 0.6) is 0 Å². The van der Waals surface area contributed by atoms with Gasteiger partial charge in [0.2, 0.25) is 0 Å². The minimum absolute atomic E-state index is 0.380. The number of carboxylic acid groups (broad SMARTS) is 1. The zero-order chi connectivity index (χ0) is 15.2. The van der Waals surface area contributed by atoms with Gasteiger partial charge in [-0.05, 0) is 45.3 Å². The van der Waals surface area contributed by atoms with Gasteiger partial charge >= 0.3 is 12.1 Å². The third-order valence-electron chi connectivity index (χ3n) is 3.10. The molecule has 0 radical (unpaired) electrons. The van der Waals surface area contributed by atoms with E-state index in [1.54, 1.807) is 32.5 Å². The van der Waals surface area contributed by atoms with Gasteiger partial charge in [0, 0.05) is 5.75 Å². The lowest BCUT2D eigenvalue weighted by Gasteiger charge is -2.22. The second-order valence-electron chi connectivity index (χ2n) is 6.22. The van der Waals surface area contributed by atoms with Gasteiger partial charge in [0.25, 0.3) is 0 Å². The van der Waals surface area contributed by atoms with Crippen LogP contribution in [0.3, 0.4) is 0 Å². The predicted octanol–water partition coefficient (Wildman–Crippen LogP) is 2.89. The number of hydrogen-bond donors (Lipinski definition) is 2. The Labute approximate surface area is 124 Å². The van der Waals surface area contributed by atoms with Gasteiger partial charge in [0.15, 0.2) is 0 Å². The van der Waals surface area contributed by atoms with Crippen LogP contribution in [-0.2, 0) is 9.53 Å². The number of nitrogens with one attached hydrogen (secondary N) is 1. The summed E-state index contributed by atoms with van der Waals surface area (Å²) >= 11 is 1.60. The van der Waals surface area contributed by atoms with Gasteiger partial charge in [0.05, 0.1) is 0 Å².